The lowest BCUT2D eigenvalue weighted by Gasteiger charge is -2.20. The van der Waals surface area contributed by atoms with Crippen LogP contribution >= 0.6 is 0 Å². The Morgan fingerprint density at radius 2 is 2.00 bits per heavy atom. The summed E-state index contributed by atoms with van der Waals surface area (Å²) in [6.07, 6.45) is 4.91. The van der Waals surface area contributed by atoms with Crippen LogP contribution in [0.3, 0.4) is 0 Å². The predicted molar refractivity (Wildman–Crippen MR) is 87.2 cm³/mol. The van der Waals surface area contributed by atoms with Gasteiger partial charge in [0, 0.05) is 23.7 Å². The van der Waals surface area contributed by atoms with E-state index in [0.29, 0.717) is 6.73 Å². The molecule has 3 nitrogen and oxygen atoms in total. The van der Waals surface area contributed by atoms with E-state index < -0.39 is 0 Å². The highest BCUT2D eigenvalue weighted by Crippen LogP contribution is 2.29. The van der Waals surface area contributed by atoms with Crippen molar-refractivity contribution in [1.82, 2.24) is 9.88 Å². The zero-order valence-corrected chi connectivity index (χ0v) is 13.4. The second-order valence-corrected chi connectivity index (χ2v) is 7.19. The van der Waals surface area contributed by atoms with Gasteiger partial charge in [0.05, 0.1) is 12.1 Å². The monoisotopic (exact) mass is 286 g/mol. The Bertz CT molecular complexity index is 605. The summed E-state index contributed by atoms with van der Waals surface area (Å²) in [5.74, 6) is 0.814. The van der Waals surface area contributed by atoms with Crippen LogP contribution in [0.1, 0.15) is 39.2 Å². The smallest absolute Gasteiger partial charge is 0.122 e. The highest BCUT2D eigenvalue weighted by Gasteiger charge is 2.21. The molecule has 21 heavy (non-hydrogen) atoms. The first-order valence-electron chi connectivity index (χ1n) is 7.92. The first-order valence-corrected chi connectivity index (χ1v) is 7.92. The number of para-hydroxylation sites is 1. The summed E-state index contributed by atoms with van der Waals surface area (Å²) in [6.45, 7) is 9.05. The highest BCUT2D eigenvalue weighted by atomic mass is 16.5. The molecule has 0 aliphatic heterocycles. The molecule has 0 bridgehead atoms. The summed E-state index contributed by atoms with van der Waals surface area (Å²) in [5, 5.41) is 4.90. The molecule has 0 spiro atoms. The van der Waals surface area contributed by atoms with Gasteiger partial charge in [0.25, 0.3) is 0 Å². The van der Waals surface area contributed by atoms with Gasteiger partial charge in [-0.1, -0.05) is 18.2 Å². The summed E-state index contributed by atoms with van der Waals surface area (Å²) < 4.78 is 8.09. The van der Waals surface area contributed by atoms with Crippen LogP contribution < -0.4 is 5.32 Å². The fourth-order valence-electron chi connectivity index (χ4n) is 2.53. The van der Waals surface area contributed by atoms with Gasteiger partial charge in [-0.05, 0) is 51.2 Å². The Labute approximate surface area is 127 Å². The van der Waals surface area contributed by atoms with Gasteiger partial charge in [-0.25, -0.2) is 0 Å². The molecular formula is C18H26N2O. The largest absolute Gasteiger partial charge is 0.360 e. The first-order chi connectivity index (χ1) is 10.0. The maximum absolute atomic E-state index is 5.85. The van der Waals surface area contributed by atoms with Gasteiger partial charge in [-0.3, -0.25) is 0 Å². The molecule has 3 heteroatoms. The van der Waals surface area contributed by atoms with Gasteiger partial charge in [0.1, 0.15) is 6.73 Å². The van der Waals surface area contributed by atoms with Crippen molar-refractivity contribution in [2.24, 2.45) is 5.92 Å². The van der Waals surface area contributed by atoms with Crippen molar-refractivity contribution in [3.8, 4) is 0 Å². The number of hydrogen-bond donors (Lipinski definition) is 1. The Morgan fingerprint density at radius 3 is 2.71 bits per heavy atom. The Kier molecular flexibility index (Phi) is 4.05. The highest BCUT2D eigenvalue weighted by molar-refractivity contribution is 5.83. The van der Waals surface area contributed by atoms with Crippen LogP contribution in [0, 0.1) is 5.92 Å². The van der Waals surface area contributed by atoms with E-state index in [1.165, 1.54) is 29.3 Å². The van der Waals surface area contributed by atoms with E-state index in [4.69, 9.17) is 4.74 Å². The Hall–Kier alpha value is -1.32. The van der Waals surface area contributed by atoms with E-state index >= 15 is 0 Å². The molecule has 0 atom stereocenters. The van der Waals surface area contributed by atoms with E-state index in [9.17, 15) is 0 Å². The normalized spacial score (nSPS) is 15.8. The van der Waals surface area contributed by atoms with Crippen molar-refractivity contribution in [3.05, 3.63) is 36.0 Å². The maximum Gasteiger partial charge on any atom is 0.122 e. The predicted octanol–water partition coefficient (Wildman–Crippen LogP) is 3.91. The molecule has 1 N–H and O–H groups in total. The van der Waals surface area contributed by atoms with Crippen molar-refractivity contribution in [1.29, 1.82) is 0 Å². The molecule has 3 rings (SSSR count). The second kappa shape index (κ2) is 5.82. The number of aromatic nitrogens is 1. The summed E-state index contributed by atoms with van der Waals surface area (Å²) in [6, 6.07) is 8.59. The van der Waals surface area contributed by atoms with Crippen molar-refractivity contribution in [2.45, 2.75) is 52.4 Å². The summed E-state index contributed by atoms with van der Waals surface area (Å²) >= 11 is 0. The summed E-state index contributed by atoms with van der Waals surface area (Å²) in [5.41, 5.74) is 2.74. The molecule has 2 aromatic rings. The molecule has 1 aromatic carbocycles. The molecule has 0 amide bonds. The number of fused-ring (bicyclic) bond motifs is 1. The number of ether oxygens (including phenoxy) is 1. The Morgan fingerprint density at radius 1 is 1.24 bits per heavy atom. The van der Waals surface area contributed by atoms with Gasteiger partial charge in [-0.2, -0.15) is 0 Å². The van der Waals surface area contributed by atoms with E-state index in [0.717, 1.165) is 19.1 Å². The third-order valence-electron chi connectivity index (χ3n) is 3.96. The molecule has 0 saturated heterocycles. The van der Waals surface area contributed by atoms with Gasteiger partial charge in [0.15, 0.2) is 0 Å². The number of nitrogens with zero attached hydrogens (tertiary/aromatic N) is 1. The lowest BCUT2D eigenvalue weighted by molar-refractivity contribution is 0.0717. The molecule has 1 heterocycles. The molecule has 0 unspecified atom stereocenters. The molecule has 1 aliphatic rings. The third kappa shape index (κ3) is 3.86. The van der Waals surface area contributed by atoms with E-state index in [-0.39, 0.29) is 5.54 Å². The van der Waals surface area contributed by atoms with Crippen LogP contribution in [0.4, 0.5) is 0 Å². The van der Waals surface area contributed by atoms with Crippen LogP contribution in [0.15, 0.2) is 30.5 Å². The zero-order valence-electron chi connectivity index (χ0n) is 13.4. The molecule has 114 valence electrons. The number of rotatable bonds is 6. The average molecular weight is 286 g/mol. The minimum atomic E-state index is 0.131. The second-order valence-electron chi connectivity index (χ2n) is 7.19. The van der Waals surface area contributed by atoms with Crippen LogP contribution in [0.2, 0.25) is 0 Å². The van der Waals surface area contributed by atoms with Gasteiger partial charge < -0.3 is 14.6 Å². The fraction of sp³-hybridized carbons (Fsp3) is 0.556. The summed E-state index contributed by atoms with van der Waals surface area (Å²) in [4.78, 5) is 0. The topological polar surface area (TPSA) is 26.2 Å². The molecule has 1 aliphatic carbocycles. The molecule has 1 fully saturated rings. The molecule has 1 saturated carbocycles. The molecule has 1 aromatic heterocycles. The van der Waals surface area contributed by atoms with Crippen LogP contribution in [0.5, 0.6) is 0 Å². The van der Waals surface area contributed by atoms with Gasteiger partial charge in [-0.15, -0.1) is 0 Å². The Balaban J connectivity index is 1.75. The minimum absolute atomic E-state index is 0.131. The average Bonchev–Trinajstić information content (AvgIpc) is 3.18. The van der Waals surface area contributed by atoms with Crippen LogP contribution in [-0.2, 0) is 18.0 Å². The minimum Gasteiger partial charge on any atom is -0.360 e. The van der Waals surface area contributed by atoms with Crippen molar-refractivity contribution in [2.75, 3.05) is 6.61 Å². The maximum atomic E-state index is 5.85. The quantitative estimate of drug-likeness (QED) is 0.871. The number of benzene rings is 1. The van der Waals surface area contributed by atoms with Gasteiger partial charge in [0.2, 0.25) is 0 Å². The van der Waals surface area contributed by atoms with Crippen molar-refractivity contribution in [3.63, 3.8) is 0 Å². The van der Waals surface area contributed by atoms with Crippen molar-refractivity contribution < 1.29 is 4.74 Å². The zero-order chi connectivity index (χ0) is 14.9. The van der Waals surface area contributed by atoms with Crippen LogP contribution in [0.25, 0.3) is 10.9 Å². The lowest BCUT2D eigenvalue weighted by Crippen LogP contribution is -2.34. The SMILES string of the molecule is CC(C)(C)NCc1cn(COCC2CC2)c2ccccc12. The van der Waals surface area contributed by atoms with E-state index in [1.807, 2.05) is 0 Å². The van der Waals surface area contributed by atoms with E-state index in [2.05, 4.69) is 61.1 Å². The summed E-state index contributed by atoms with van der Waals surface area (Å²) in [7, 11) is 0. The number of hydrogen-bond acceptors (Lipinski definition) is 2. The van der Waals surface area contributed by atoms with E-state index in [1.54, 1.807) is 0 Å². The number of nitrogens with one attached hydrogen (secondary N) is 1. The van der Waals surface area contributed by atoms with Gasteiger partial charge >= 0.3 is 0 Å². The lowest BCUT2D eigenvalue weighted by atomic mass is 10.1. The fourth-order valence-corrected chi connectivity index (χ4v) is 2.53. The third-order valence-corrected chi connectivity index (χ3v) is 3.96. The standard InChI is InChI=1S/C18H26N2O/c1-18(2,3)19-10-15-11-20(13-21-12-14-8-9-14)17-7-5-4-6-16(15)17/h4-7,11,14,19H,8-10,12-13H2,1-3H3. The molecule has 0 radical (unpaired) electrons. The van der Waals surface area contributed by atoms with Crippen LogP contribution in [-0.4, -0.2) is 16.7 Å². The first kappa shape index (κ1) is 14.6. The molecular weight excluding hydrogens is 260 g/mol. The van der Waals surface area contributed by atoms with Crippen molar-refractivity contribution >= 4 is 10.9 Å².